The number of carbonyl (C=O) groups excluding carboxylic acids is 1. The predicted molar refractivity (Wildman–Crippen MR) is 59.8 cm³/mol. The third-order valence-corrected chi connectivity index (χ3v) is 2.55. The first-order valence-corrected chi connectivity index (χ1v) is 5.91. The maximum absolute atomic E-state index is 11.4. The standard InChI is InChI=1S/C11H22N2O2/c1-2-3-8-15-9-4-6-13-7-5-12-10-11(13)14/h12H,2-10H2,1H3. The van der Waals surface area contributed by atoms with Gasteiger partial charge in [-0.15, -0.1) is 0 Å². The van der Waals surface area contributed by atoms with Gasteiger partial charge in [0.05, 0.1) is 6.54 Å². The van der Waals surface area contributed by atoms with E-state index in [1.165, 1.54) is 6.42 Å². The van der Waals surface area contributed by atoms with E-state index >= 15 is 0 Å². The number of hydrogen-bond acceptors (Lipinski definition) is 3. The Kier molecular flexibility index (Phi) is 6.36. The Balaban J connectivity index is 1.96. The second-order valence-corrected chi connectivity index (χ2v) is 3.88. The number of amides is 1. The summed E-state index contributed by atoms with van der Waals surface area (Å²) in [7, 11) is 0. The second kappa shape index (κ2) is 7.65. The molecule has 0 aromatic carbocycles. The van der Waals surface area contributed by atoms with Gasteiger partial charge in [0.1, 0.15) is 0 Å². The van der Waals surface area contributed by atoms with Crippen LogP contribution in [0.4, 0.5) is 0 Å². The van der Waals surface area contributed by atoms with Gasteiger partial charge in [0.15, 0.2) is 0 Å². The molecule has 1 rings (SSSR count). The Morgan fingerprint density at radius 1 is 1.40 bits per heavy atom. The lowest BCUT2D eigenvalue weighted by atomic mass is 10.3. The minimum Gasteiger partial charge on any atom is -0.381 e. The fourth-order valence-electron chi connectivity index (χ4n) is 1.59. The normalized spacial score (nSPS) is 17.1. The van der Waals surface area contributed by atoms with Crippen LogP contribution >= 0.6 is 0 Å². The van der Waals surface area contributed by atoms with Crippen LogP contribution in [0.1, 0.15) is 26.2 Å². The molecule has 4 heteroatoms. The first kappa shape index (κ1) is 12.5. The Morgan fingerprint density at radius 2 is 2.20 bits per heavy atom. The van der Waals surface area contributed by atoms with Gasteiger partial charge in [-0.05, 0) is 12.8 Å². The summed E-state index contributed by atoms with van der Waals surface area (Å²) in [5, 5.41) is 3.06. The third-order valence-electron chi connectivity index (χ3n) is 2.55. The Labute approximate surface area is 92.0 Å². The number of nitrogens with zero attached hydrogens (tertiary/aromatic N) is 1. The average Bonchev–Trinajstić information content (AvgIpc) is 2.25. The molecule has 0 spiro atoms. The lowest BCUT2D eigenvalue weighted by Crippen LogP contribution is -2.48. The van der Waals surface area contributed by atoms with Crippen LogP contribution in [0.15, 0.2) is 0 Å². The molecule has 0 aliphatic carbocycles. The monoisotopic (exact) mass is 214 g/mol. The molecule has 4 nitrogen and oxygen atoms in total. The highest BCUT2D eigenvalue weighted by atomic mass is 16.5. The lowest BCUT2D eigenvalue weighted by Gasteiger charge is -2.27. The summed E-state index contributed by atoms with van der Waals surface area (Å²) in [4.78, 5) is 13.3. The molecule has 1 heterocycles. The average molecular weight is 214 g/mol. The molecule has 0 bridgehead atoms. The van der Waals surface area contributed by atoms with Gasteiger partial charge >= 0.3 is 0 Å². The van der Waals surface area contributed by atoms with Crippen LogP contribution in [0.2, 0.25) is 0 Å². The SMILES string of the molecule is CCCCOCCCN1CCNCC1=O. The van der Waals surface area contributed by atoms with Gasteiger partial charge in [-0.1, -0.05) is 13.3 Å². The summed E-state index contributed by atoms with van der Waals surface area (Å²) in [6, 6.07) is 0. The Hall–Kier alpha value is -0.610. The van der Waals surface area contributed by atoms with Crippen molar-refractivity contribution in [3.63, 3.8) is 0 Å². The van der Waals surface area contributed by atoms with Gasteiger partial charge in [-0.2, -0.15) is 0 Å². The van der Waals surface area contributed by atoms with E-state index in [-0.39, 0.29) is 5.91 Å². The van der Waals surface area contributed by atoms with E-state index in [2.05, 4.69) is 12.2 Å². The molecule has 0 aromatic rings. The minimum atomic E-state index is 0.217. The molecular weight excluding hydrogens is 192 g/mol. The summed E-state index contributed by atoms with van der Waals surface area (Å²) < 4.78 is 5.45. The van der Waals surface area contributed by atoms with Crippen LogP contribution in [0.25, 0.3) is 0 Å². The van der Waals surface area contributed by atoms with Crippen molar-refractivity contribution in [3.8, 4) is 0 Å². The van der Waals surface area contributed by atoms with Crippen molar-refractivity contribution >= 4 is 5.91 Å². The van der Waals surface area contributed by atoms with Crippen molar-refractivity contribution < 1.29 is 9.53 Å². The smallest absolute Gasteiger partial charge is 0.236 e. The molecule has 0 unspecified atom stereocenters. The van der Waals surface area contributed by atoms with Gasteiger partial charge in [0.2, 0.25) is 5.91 Å². The molecule has 1 fully saturated rings. The quantitative estimate of drug-likeness (QED) is 0.632. The van der Waals surface area contributed by atoms with E-state index in [0.29, 0.717) is 6.54 Å². The largest absolute Gasteiger partial charge is 0.381 e. The summed E-state index contributed by atoms with van der Waals surface area (Å²) in [5.74, 6) is 0.217. The number of hydrogen-bond donors (Lipinski definition) is 1. The van der Waals surface area contributed by atoms with Gasteiger partial charge in [-0.25, -0.2) is 0 Å². The first-order chi connectivity index (χ1) is 7.34. The number of ether oxygens (including phenoxy) is 1. The Morgan fingerprint density at radius 3 is 2.93 bits per heavy atom. The van der Waals surface area contributed by atoms with Crippen LogP contribution in [-0.2, 0) is 9.53 Å². The maximum Gasteiger partial charge on any atom is 0.236 e. The van der Waals surface area contributed by atoms with E-state index in [9.17, 15) is 4.79 Å². The van der Waals surface area contributed by atoms with Crippen molar-refractivity contribution in [3.05, 3.63) is 0 Å². The van der Waals surface area contributed by atoms with Crippen molar-refractivity contribution in [2.24, 2.45) is 0 Å². The highest BCUT2D eigenvalue weighted by molar-refractivity contribution is 5.78. The van der Waals surface area contributed by atoms with Crippen LogP contribution in [0.3, 0.4) is 0 Å². The molecule has 0 radical (unpaired) electrons. The number of carbonyl (C=O) groups is 1. The zero-order valence-electron chi connectivity index (χ0n) is 9.63. The molecule has 1 aliphatic heterocycles. The summed E-state index contributed by atoms with van der Waals surface area (Å²) in [5.41, 5.74) is 0. The predicted octanol–water partition coefficient (Wildman–Crippen LogP) is 0.625. The van der Waals surface area contributed by atoms with Crippen molar-refractivity contribution in [1.82, 2.24) is 10.2 Å². The minimum absolute atomic E-state index is 0.217. The molecule has 0 aromatic heterocycles. The second-order valence-electron chi connectivity index (χ2n) is 3.88. The molecule has 88 valence electrons. The molecule has 15 heavy (non-hydrogen) atoms. The van der Waals surface area contributed by atoms with E-state index in [4.69, 9.17) is 4.74 Å². The molecule has 1 amide bonds. The highest BCUT2D eigenvalue weighted by Crippen LogP contribution is 1.97. The molecule has 0 saturated carbocycles. The summed E-state index contributed by atoms with van der Waals surface area (Å²) >= 11 is 0. The first-order valence-electron chi connectivity index (χ1n) is 5.91. The third kappa shape index (κ3) is 5.14. The fourth-order valence-corrected chi connectivity index (χ4v) is 1.59. The van der Waals surface area contributed by atoms with Crippen LogP contribution in [0.5, 0.6) is 0 Å². The molecule has 0 atom stereocenters. The van der Waals surface area contributed by atoms with Crippen molar-refractivity contribution in [2.45, 2.75) is 26.2 Å². The van der Waals surface area contributed by atoms with Gasteiger partial charge < -0.3 is 15.0 Å². The summed E-state index contributed by atoms with van der Waals surface area (Å²) in [6.45, 7) is 6.88. The van der Waals surface area contributed by atoms with E-state index in [1.54, 1.807) is 0 Å². The van der Waals surface area contributed by atoms with Crippen LogP contribution < -0.4 is 5.32 Å². The van der Waals surface area contributed by atoms with Crippen molar-refractivity contribution in [2.75, 3.05) is 39.4 Å². The topological polar surface area (TPSA) is 41.6 Å². The van der Waals surface area contributed by atoms with Gasteiger partial charge in [0, 0.05) is 32.8 Å². The van der Waals surface area contributed by atoms with E-state index in [1.807, 2.05) is 4.90 Å². The van der Waals surface area contributed by atoms with Gasteiger partial charge in [-0.3, -0.25) is 4.79 Å². The molecular formula is C11H22N2O2. The van der Waals surface area contributed by atoms with Crippen LogP contribution in [0, 0.1) is 0 Å². The number of piperazine rings is 1. The number of unbranched alkanes of at least 4 members (excludes halogenated alkanes) is 1. The zero-order valence-corrected chi connectivity index (χ0v) is 9.63. The summed E-state index contributed by atoms with van der Waals surface area (Å²) in [6.07, 6.45) is 3.26. The molecule has 1 N–H and O–H groups in total. The lowest BCUT2D eigenvalue weighted by molar-refractivity contribution is -0.132. The Bertz CT molecular complexity index is 185. The van der Waals surface area contributed by atoms with E-state index in [0.717, 1.165) is 45.7 Å². The van der Waals surface area contributed by atoms with E-state index < -0.39 is 0 Å². The molecule has 1 aliphatic rings. The maximum atomic E-state index is 11.4. The number of rotatable bonds is 7. The zero-order chi connectivity index (χ0) is 10.9. The highest BCUT2D eigenvalue weighted by Gasteiger charge is 2.16. The van der Waals surface area contributed by atoms with Gasteiger partial charge in [0.25, 0.3) is 0 Å². The van der Waals surface area contributed by atoms with Crippen LogP contribution in [-0.4, -0.2) is 50.2 Å². The molecule has 1 saturated heterocycles. The van der Waals surface area contributed by atoms with Crippen molar-refractivity contribution in [1.29, 1.82) is 0 Å². The fraction of sp³-hybridized carbons (Fsp3) is 0.909. The number of nitrogens with one attached hydrogen (secondary N) is 1.